The summed E-state index contributed by atoms with van der Waals surface area (Å²) in [6, 6.07) is 4.63. The molecule has 0 unspecified atom stereocenters. The molecule has 0 aliphatic rings. The summed E-state index contributed by atoms with van der Waals surface area (Å²) in [6.45, 7) is 5.61. The van der Waals surface area contributed by atoms with Crippen LogP contribution in [0.2, 0.25) is 5.02 Å². The molecule has 1 aromatic rings. The SMILES string of the molecule is COC(=O)Nc1cc(Cl)ccc1C(=O)NC(C)(C)C. The zero-order valence-electron chi connectivity index (χ0n) is 11.3. The zero-order valence-corrected chi connectivity index (χ0v) is 12.1. The van der Waals surface area contributed by atoms with Crippen LogP contribution in [0.15, 0.2) is 18.2 Å². The van der Waals surface area contributed by atoms with Crippen LogP contribution in [0.4, 0.5) is 10.5 Å². The van der Waals surface area contributed by atoms with Crippen LogP contribution < -0.4 is 10.6 Å². The van der Waals surface area contributed by atoms with Crippen LogP contribution in [0.1, 0.15) is 31.1 Å². The Kier molecular flexibility index (Phi) is 4.78. The van der Waals surface area contributed by atoms with E-state index in [0.717, 1.165) is 0 Å². The second kappa shape index (κ2) is 5.93. The second-order valence-electron chi connectivity index (χ2n) is 5.01. The maximum absolute atomic E-state index is 12.1. The number of hydrogen-bond donors (Lipinski definition) is 2. The Balaban J connectivity index is 3.06. The number of methoxy groups -OCH3 is 1. The van der Waals surface area contributed by atoms with Gasteiger partial charge in [-0.25, -0.2) is 4.79 Å². The molecule has 0 fully saturated rings. The normalized spacial score (nSPS) is 10.8. The van der Waals surface area contributed by atoms with E-state index >= 15 is 0 Å². The van der Waals surface area contributed by atoms with Gasteiger partial charge in [0, 0.05) is 10.6 Å². The molecule has 0 atom stereocenters. The van der Waals surface area contributed by atoms with Crippen molar-refractivity contribution in [2.45, 2.75) is 26.3 Å². The minimum atomic E-state index is -0.660. The largest absolute Gasteiger partial charge is 0.453 e. The van der Waals surface area contributed by atoms with Crippen LogP contribution in [0.5, 0.6) is 0 Å². The van der Waals surface area contributed by atoms with E-state index in [1.807, 2.05) is 20.8 Å². The van der Waals surface area contributed by atoms with Gasteiger partial charge in [-0.1, -0.05) is 11.6 Å². The molecule has 0 radical (unpaired) electrons. The molecule has 5 nitrogen and oxygen atoms in total. The molecule has 0 bridgehead atoms. The predicted molar refractivity (Wildman–Crippen MR) is 74.7 cm³/mol. The number of amides is 2. The van der Waals surface area contributed by atoms with Crippen LogP contribution in [0, 0.1) is 0 Å². The number of halogens is 1. The number of carbonyl (C=O) groups is 2. The fraction of sp³-hybridized carbons (Fsp3) is 0.385. The van der Waals surface area contributed by atoms with Crippen molar-refractivity contribution in [3.05, 3.63) is 28.8 Å². The number of carbonyl (C=O) groups excluding carboxylic acids is 2. The van der Waals surface area contributed by atoms with Crippen molar-refractivity contribution in [1.82, 2.24) is 5.32 Å². The second-order valence-corrected chi connectivity index (χ2v) is 5.45. The lowest BCUT2D eigenvalue weighted by Gasteiger charge is -2.21. The summed E-state index contributed by atoms with van der Waals surface area (Å²) in [5, 5.41) is 5.69. The topological polar surface area (TPSA) is 67.4 Å². The first-order valence-corrected chi connectivity index (χ1v) is 6.08. The van der Waals surface area contributed by atoms with Gasteiger partial charge in [0.2, 0.25) is 0 Å². The van der Waals surface area contributed by atoms with Gasteiger partial charge in [-0.3, -0.25) is 10.1 Å². The van der Waals surface area contributed by atoms with E-state index < -0.39 is 6.09 Å². The predicted octanol–water partition coefficient (Wildman–Crippen LogP) is 3.05. The third-order valence-electron chi connectivity index (χ3n) is 2.14. The Morgan fingerprint density at radius 1 is 1.26 bits per heavy atom. The number of nitrogens with one attached hydrogen (secondary N) is 2. The lowest BCUT2D eigenvalue weighted by Crippen LogP contribution is -2.40. The van der Waals surface area contributed by atoms with Crippen molar-refractivity contribution in [2.24, 2.45) is 0 Å². The zero-order chi connectivity index (χ0) is 14.6. The summed E-state index contributed by atoms with van der Waals surface area (Å²) in [5.41, 5.74) is 0.255. The molecule has 19 heavy (non-hydrogen) atoms. The summed E-state index contributed by atoms with van der Waals surface area (Å²) in [7, 11) is 1.24. The van der Waals surface area contributed by atoms with E-state index in [1.54, 1.807) is 12.1 Å². The fourth-order valence-electron chi connectivity index (χ4n) is 1.39. The summed E-state index contributed by atoms with van der Waals surface area (Å²) in [6.07, 6.45) is -0.660. The lowest BCUT2D eigenvalue weighted by molar-refractivity contribution is 0.0920. The minimum Gasteiger partial charge on any atom is -0.453 e. The highest BCUT2D eigenvalue weighted by Gasteiger charge is 2.19. The van der Waals surface area contributed by atoms with Crippen molar-refractivity contribution in [3.8, 4) is 0 Å². The van der Waals surface area contributed by atoms with Crippen LogP contribution in [-0.4, -0.2) is 24.6 Å². The van der Waals surface area contributed by atoms with Gasteiger partial charge in [-0.2, -0.15) is 0 Å². The molecule has 0 spiro atoms. The standard InChI is InChI=1S/C13H17ClN2O3/c1-13(2,3)16-11(17)9-6-5-8(14)7-10(9)15-12(18)19-4/h5-7H,1-4H3,(H,15,18)(H,16,17). The van der Waals surface area contributed by atoms with E-state index in [4.69, 9.17) is 11.6 Å². The number of anilines is 1. The average Bonchev–Trinajstić information content (AvgIpc) is 2.26. The highest BCUT2D eigenvalue weighted by molar-refractivity contribution is 6.31. The van der Waals surface area contributed by atoms with E-state index in [9.17, 15) is 9.59 Å². The van der Waals surface area contributed by atoms with E-state index in [-0.39, 0.29) is 11.4 Å². The number of benzene rings is 1. The molecule has 2 amide bonds. The molecule has 0 aliphatic carbocycles. The van der Waals surface area contributed by atoms with Gasteiger partial charge in [0.1, 0.15) is 0 Å². The molecule has 0 saturated carbocycles. The van der Waals surface area contributed by atoms with E-state index in [1.165, 1.54) is 13.2 Å². The molecule has 0 aromatic heterocycles. The molecule has 0 saturated heterocycles. The molecule has 0 heterocycles. The Bertz CT molecular complexity index is 495. The third-order valence-corrected chi connectivity index (χ3v) is 2.37. The Morgan fingerprint density at radius 3 is 2.42 bits per heavy atom. The summed E-state index contributed by atoms with van der Waals surface area (Å²) in [4.78, 5) is 23.4. The quantitative estimate of drug-likeness (QED) is 0.877. The Labute approximate surface area is 117 Å². The van der Waals surface area contributed by atoms with Gasteiger partial charge in [0.05, 0.1) is 18.4 Å². The summed E-state index contributed by atoms with van der Waals surface area (Å²) < 4.78 is 4.50. The average molecular weight is 285 g/mol. The molecule has 104 valence electrons. The lowest BCUT2D eigenvalue weighted by atomic mass is 10.1. The summed E-state index contributed by atoms with van der Waals surface area (Å²) in [5.74, 6) is -0.296. The van der Waals surface area contributed by atoms with Crippen LogP contribution in [0.25, 0.3) is 0 Å². The minimum absolute atomic E-state index is 0.296. The number of hydrogen-bond acceptors (Lipinski definition) is 3. The molecular formula is C13H17ClN2O3. The van der Waals surface area contributed by atoms with Crippen molar-refractivity contribution in [3.63, 3.8) is 0 Å². The fourth-order valence-corrected chi connectivity index (χ4v) is 1.56. The maximum atomic E-state index is 12.1. The van der Waals surface area contributed by atoms with Crippen LogP contribution >= 0.6 is 11.6 Å². The van der Waals surface area contributed by atoms with Crippen molar-refractivity contribution < 1.29 is 14.3 Å². The van der Waals surface area contributed by atoms with Gasteiger partial charge < -0.3 is 10.1 Å². The van der Waals surface area contributed by atoms with Crippen molar-refractivity contribution >= 4 is 29.3 Å². The smallest absolute Gasteiger partial charge is 0.411 e. The van der Waals surface area contributed by atoms with Crippen molar-refractivity contribution in [2.75, 3.05) is 12.4 Å². The highest BCUT2D eigenvalue weighted by Crippen LogP contribution is 2.22. The van der Waals surface area contributed by atoms with E-state index in [0.29, 0.717) is 16.3 Å². The molecule has 1 aromatic carbocycles. The highest BCUT2D eigenvalue weighted by atomic mass is 35.5. The monoisotopic (exact) mass is 284 g/mol. The molecule has 1 rings (SSSR count). The molecule has 0 aliphatic heterocycles. The van der Waals surface area contributed by atoms with Crippen LogP contribution in [-0.2, 0) is 4.74 Å². The van der Waals surface area contributed by atoms with E-state index in [2.05, 4.69) is 15.4 Å². The van der Waals surface area contributed by atoms with Gasteiger partial charge in [0.25, 0.3) is 5.91 Å². The summed E-state index contributed by atoms with van der Waals surface area (Å²) >= 11 is 5.86. The van der Waals surface area contributed by atoms with Gasteiger partial charge in [-0.05, 0) is 39.0 Å². The number of rotatable bonds is 2. The maximum Gasteiger partial charge on any atom is 0.411 e. The first-order valence-electron chi connectivity index (χ1n) is 5.70. The molecular weight excluding hydrogens is 268 g/mol. The number of ether oxygens (including phenoxy) is 1. The molecule has 2 N–H and O–H groups in total. The molecule has 6 heteroatoms. The van der Waals surface area contributed by atoms with Gasteiger partial charge in [-0.15, -0.1) is 0 Å². The Morgan fingerprint density at radius 2 is 1.89 bits per heavy atom. The Hall–Kier alpha value is -1.75. The van der Waals surface area contributed by atoms with Gasteiger partial charge in [0.15, 0.2) is 0 Å². The van der Waals surface area contributed by atoms with Gasteiger partial charge >= 0.3 is 6.09 Å². The third kappa shape index (κ3) is 4.79. The first kappa shape index (κ1) is 15.3. The van der Waals surface area contributed by atoms with Crippen LogP contribution in [0.3, 0.4) is 0 Å². The van der Waals surface area contributed by atoms with Crippen molar-refractivity contribution in [1.29, 1.82) is 0 Å². The first-order chi connectivity index (χ1) is 8.73.